The van der Waals surface area contributed by atoms with E-state index in [0.717, 1.165) is 0 Å². The summed E-state index contributed by atoms with van der Waals surface area (Å²) in [7, 11) is 4.33. The van der Waals surface area contributed by atoms with Crippen LogP contribution < -0.4 is 25.1 Å². The number of benzene rings is 2. The van der Waals surface area contributed by atoms with Gasteiger partial charge in [0.15, 0.2) is 17.3 Å². The second-order valence-electron chi connectivity index (χ2n) is 5.71. The van der Waals surface area contributed by atoms with Crippen molar-refractivity contribution in [2.75, 3.05) is 21.3 Å². The van der Waals surface area contributed by atoms with Gasteiger partial charge in [-0.05, 0) is 12.1 Å². The topological polar surface area (TPSA) is 103 Å². The first kappa shape index (κ1) is 20.8. The van der Waals surface area contributed by atoms with E-state index in [0.29, 0.717) is 22.8 Å². The fraction of sp³-hybridized carbons (Fsp3) is 0.250. The van der Waals surface area contributed by atoms with Crippen molar-refractivity contribution in [2.45, 2.75) is 12.8 Å². The Bertz CT molecular complexity index is 826. The Kier molecular flexibility index (Phi) is 7.38. The second kappa shape index (κ2) is 9.96. The van der Waals surface area contributed by atoms with E-state index in [2.05, 4.69) is 10.9 Å². The molecule has 2 rings (SSSR count). The third kappa shape index (κ3) is 5.23. The van der Waals surface area contributed by atoms with Gasteiger partial charge in [-0.25, -0.2) is 0 Å². The fourth-order valence-corrected chi connectivity index (χ4v) is 2.47. The van der Waals surface area contributed by atoms with Gasteiger partial charge in [-0.2, -0.15) is 0 Å². The average molecular weight is 386 g/mol. The first-order valence-electron chi connectivity index (χ1n) is 8.47. The van der Waals surface area contributed by atoms with Crippen molar-refractivity contribution in [3.8, 4) is 17.2 Å². The summed E-state index contributed by atoms with van der Waals surface area (Å²) in [5.74, 6) is -0.220. The van der Waals surface area contributed by atoms with E-state index in [4.69, 9.17) is 14.2 Å². The molecule has 0 spiro atoms. The van der Waals surface area contributed by atoms with Gasteiger partial charge in [0.05, 0.1) is 21.3 Å². The third-order valence-electron chi connectivity index (χ3n) is 3.92. The number of hydrogen-bond donors (Lipinski definition) is 2. The minimum Gasteiger partial charge on any atom is -0.493 e. The van der Waals surface area contributed by atoms with Gasteiger partial charge in [0.1, 0.15) is 0 Å². The highest BCUT2D eigenvalue weighted by molar-refractivity contribution is 5.99. The molecule has 0 saturated carbocycles. The van der Waals surface area contributed by atoms with E-state index in [1.165, 1.54) is 33.5 Å². The molecule has 0 saturated heterocycles. The number of methoxy groups -OCH3 is 3. The van der Waals surface area contributed by atoms with Crippen molar-refractivity contribution in [3.05, 3.63) is 53.6 Å². The zero-order valence-corrected chi connectivity index (χ0v) is 15.9. The van der Waals surface area contributed by atoms with Crippen LogP contribution in [-0.2, 0) is 4.79 Å². The SMILES string of the molecule is COc1cc(C(=O)NNC(=O)CCC(=O)c2ccccc2)cc(OC)c1OC. The number of hydrogen-bond acceptors (Lipinski definition) is 6. The van der Waals surface area contributed by atoms with Gasteiger partial charge in [0.25, 0.3) is 5.91 Å². The number of hydrazine groups is 1. The molecule has 0 aromatic heterocycles. The predicted octanol–water partition coefficient (Wildman–Crippen LogP) is 2.14. The average Bonchev–Trinajstić information content (AvgIpc) is 2.74. The molecule has 2 amide bonds. The molecule has 8 nitrogen and oxygen atoms in total. The Morgan fingerprint density at radius 2 is 1.39 bits per heavy atom. The number of rotatable bonds is 8. The molecule has 0 unspecified atom stereocenters. The highest BCUT2D eigenvalue weighted by atomic mass is 16.5. The van der Waals surface area contributed by atoms with Crippen molar-refractivity contribution in [1.82, 2.24) is 10.9 Å². The summed E-state index contributed by atoms with van der Waals surface area (Å²) in [5.41, 5.74) is 5.33. The van der Waals surface area contributed by atoms with Crippen LogP contribution in [0.5, 0.6) is 17.2 Å². The molecular formula is C20H22N2O6. The minimum atomic E-state index is -0.568. The van der Waals surface area contributed by atoms with Gasteiger partial charge in [-0.1, -0.05) is 30.3 Å². The number of Topliss-reactive ketones (excluding diaryl/α,β-unsaturated/α-hetero) is 1. The maximum atomic E-state index is 12.3. The lowest BCUT2D eigenvalue weighted by Gasteiger charge is -2.14. The van der Waals surface area contributed by atoms with Gasteiger partial charge in [0.2, 0.25) is 11.7 Å². The Balaban J connectivity index is 1.92. The van der Waals surface area contributed by atoms with Crippen molar-refractivity contribution in [1.29, 1.82) is 0 Å². The standard InChI is InChI=1S/C20H22N2O6/c1-26-16-11-14(12-17(27-2)19(16)28-3)20(25)22-21-18(24)10-9-15(23)13-7-5-4-6-8-13/h4-8,11-12H,9-10H2,1-3H3,(H,21,24)(H,22,25). The molecule has 0 radical (unpaired) electrons. The second-order valence-corrected chi connectivity index (χ2v) is 5.71. The van der Waals surface area contributed by atoms with Gasteiger partial charge in [0, 0.05) is 24.0 Å². The normalized spacial score (nSPS) is 9.96. The van der Waals surface area contributed by atoms with E-state index in [1.807, 2.05) is 6.07 Å². The first-order valence-corrected chi connectivity index (χ1v) is 8.47. The predicted molar refractivity (Wildman–Crippen MR) is 102 cm³/mol. The molecule has 0 bridgehead atoms. The molecule has 28 heavy (non-hydrogen) atoms. The maximum Gasteiger partial charge on any atom is 0.269 e. The van der Waals surface area contributed by atoms with Crippen LogP contribution in [0.4, 0.5) is 0 Å². The quantitative estimate of drug-likeness (QED) is 0.532. The lowest BCUT2D eigenvalue weighted by atomic mass is 10.1. The summed E-state index contributed by atoms with van der Waals surface area (Å²) >= 11 is 0. The minimum absolute atomic E-state index is 0.0376. The summed E-state index contributed by atoms with van der Waals surface area (Å²) in [6.45, 7) is 0. The van der Waals surface area contributed by atoms with Crippen LogP contribution in [0.25, 0.3) is 0 Å². The molecule has 0 aliphatic heterocycles. The molecule has 2 aromatic rings. The van der Waals surface area contributed by atoms with Crippen LogP contribution in [0.3, 0.4) is 0 Å². The molecule has 2 N–H and O–H groups in total. The number of ether oxygens (including phenoxy) is 3. The van der Waals surface area contributed by atoms with Gasteiger partial charge in [-0.3, -0.25) is 25.2 Å². The molecule has 0 fully saturated rings. The van der Waals surface area contributed by atoms with Crippen LogP contribution in [0.15, 0.2) is 42.5 Å². The summed E-state index contributed by atoms with van der Waals surface area (Å²) in [5, 5.41) is 0. The molecule has 2 aromatic carbocycles. The molecular weight excluding hydrogens is 364 g/mol. The maximum absolute atomic E-state index is 12.3. The van der Waals surface area contributed by atoms with Crippen molar-refractivity contribution >= 4 is 17.6 Å². The third-order valence-corrected chi connectivity index (χ3v) is 3.92. The summed E-state index contributed by atoms with van der Waals surface area (Å²) in [6.07, 6.45) is -0.0147. The number of ketones is 1. The van der Waals surface area contributed by atoms with Crippen LogP contribution in [0.1, 0.15) is 33.6 Å². The number of carbonyl (C=O) groups is 3. The van der Waals surface area contributed by atoms with Crippen molar-refractivity contribution in [3.63, 3.8) is 0 Å². The van der Waals surface area contributed by atoms with E-state index in [-0.39, 0.29) is 24.2 Å². The molecule has 0 aliphatic rings. The number of carbonyl (C=O) groups excluding carboxylic acids is 3. The Morgan fingerprint density at radius 3 is 1.93 bits per heavy atom. The highest BCUT2D eigenvalue weighted by Crippen LogP contribution is 2.38. The molecule has 0 atom stereocenters. The van der Waals surface area contributed by atoms with Crippen molar-refractivity contribution < 1.29 is 28.6 Å². The number of amides is 2. The molecule has 0 aliphatic carbocycles. The van der Waals surface area contributed by atoms with Crippen molar-refractivity contribution in [2.24, 2.45) is 0 Å². The fourth-order valence-electron chi connectivity index (χ4n) is 2.47. The van der Waals surface area contributed by atoms with Crippen LogP contribution >= 0.6 is 0 Å². The molecule has 0 heterocycles. The van der Waals surface area contributed by atoms with Gasteiger partial charge >= 0.3 is 0 Å². The largest absolute Gasteiger partial charge is 0.493 e. The molecule has 8 heteroatoms. The first-order chi connectivity index (χ1) is 13.5. The van der Waals surface area contributed by atoms with Crippen LogP contribution in [0, 0.1) is 0 Å². The lowest BCUT2D eigenvalue weighted by molar-refractivity contribution is -0.121. The smallest absolute Gasteiger partial charge is 0.269 e. The van der Waals surface area contributed by atoms with Crippen LogP contribution in [-0.4, -0.2) is 38.9 Å². The number of nitrogens with one attached hydrogen (secondary N) is 2. The Labute approximate surface area is 162 Å². The lowest BCUT2D eigenvalue weighted by Crippen LogP contribution is -2.41. The monoisotopic (exact) mass is 386 g/mol. The van der Waals surface area contributed by atoms with E-state index >= 15 is 0 Å². The molecule has 148 valence electrons. The summed E-state index contributed by atoms with van der Waals surface area (Å²) in [6, 6.07) is 11.6. The summed E-state index contributed by atoms with van der Waals surface area (Å²) < 4.78 is 15.6. The highest BCUT2D eigenvalue weighted by Gasteiger charge is 2.17. The van der Waals surface area contributed by atoms with Crippen LogP contribution in [0.2, 0.25) is 0 Å². The zero-order valence-electron chi connectivity index (χ0n) is 15.9. The Morgan fingerprint density at radius 1 is 0.786 bits per heavy atom. The van der Waals surface area contributed by atoms with Gasteiger partial charge < -0.3 is 14.2 Å². The van der Waals surface area contributed by atoms with E-state index in [9.17, 15) is 14.4 Å². The van der Waals surface area contributed by atoms with E-state index in [1.54, 1.807) is 24.3 Å². The Hall–Kier alpha value is -3.55. The summed E-state index contributed by atoms with van der Waals surface area (Å²) in [4.78, 5) is 36.2. The zero-order chi connectivity index (χ0) is 20.5. The van der Waals surface area contributed by atoms with Gasteiger partial charge in [-0.15, -0.1) is 0 Å². The van der Waals surface area contributed by atoms with E-state index < -0.39 is 11.8 Å².